The Hall–Kier alpha value is -2.36. The van der Waals surface area contributed by atoms with E-state index in [0.29, 0.717) is 33.3 Å². The fourth-order valence-corrected chi connectivity index (χ4v) is 4.13. The molecule has 1 aromatic heterocycles. The average molecular weight is 339 g/mol. The van der Waals surface area contributed by atoms with Crippen molar-refractivity contribution in [3.05, 3.63) is 46.8 Å². The van der Waals surface area contributed by atoms with Crippen molar-refractivity contribution in [2.45, 2.75) is 37.4 Å². The number of nitrogens with one attached hydrogen (secondary N) is 2. The summed E-state index contributed by atoms with van der Waals surface area (Å²) in [4.78, 5) is 13.0. The Kier molecular flexibility index (Phi) is 3.97. The zero-order valence-corrected chi connectivity index (χ0v) is 13.8. The number of carbonyl (C=O) groups excluding carboxylic acids is 1. The first-order valence-electron chi connectivity index (χ1n) is 8.06. The molecule has 2 aromatic rings. The van der Waals surface area contributed by atoms with E-state index < -0.39 is 0 Å². The van der Waals surface area contributed by atoms with Crippen molar-refractivity contribution in [2.24, 2.45) is 0 Å². The highest BCUT2D eigenvalue weighted by Crippen LogP contribution is 2.30. The SMILES string of the molecule is N#Cc1ccc(Oc2ccc(C(=O)NC3CC4CCC3N4)cc2)s1. The quantitative estimate of drug-likeness (QED) is 0.898. The maximum Gasteiger partial charge on any atom is 0.251 e. The van der Waals surface area contributed by atoms with Gasteiger partial charge in [0.25, 0.3) is 5.91 Å². The van der Waals surface area contributed by atoms with Gasteiger partial charge in [0.2, 0.25) is 0 Å². The zero-order valence-electron chi connectivity index (χ0n) is 13.0. The lowest BCUT2D eigenvalue weighted by atomic mass is 9.95. The largest absolute Gasteiger partial charge is 0.447 e. The third-order valence-electron chi connectivity index (χ3n) is 4.64. The molecule has 0 radical (unpaired) electrons. The van der Waals surface area contributed by atoms with Crippen molar-refractivity contribution in [1.29, 1.82) is 5.26 Å². The molecule has 0 aliphatic carbocycles. The maximum atomic E-state index is 12.4. The van der Waals surface area contributed by atoms with Crippen molar-refractivity contribution in [3.8, 4) is 16.9 Å². The highest BCUT2D eigenvalue weighted by molar-refractivity contribution is 7.14. The Morgan fingerprint density at radius 1 is 1.25 bits per heavy atom. The Morgan fingerprint density at radius 3 is 2.71 bits per heavy atom. The first-order valence-corrected chi connectivity index (χ1v) is 8.88. The van der Waals surface area contributed by atoms with Crippen LogP contribution in [-0.2, 0) is 0 Å². The Morgan fingerprint density at radius 2 is 2.08 bits per heavy atom. The van der Waals surface area contributed by atoms with Gasteiger partial charge in [-0.05, 0) is 55.7 Å². The number of rotatable bonds is 4. The van der Waals surface area contributed by atoms with Gasteiger partial charge >= 0.3 is 0 Å². The molecule has 3 atom stereocenters. The molecule has 5 nitrogen and oxygen atoms in total. The van der Waals surface area contributed by atoms with E-state index >= 15 is 0 Å². The monoisotopic (exact) mass is 339 g/mol. The number of nitriles is 1. The second kappa shape index (κ2) is 6.27. The third-order valence-corrected chi connectivity index (χ3v) is 5.51. The molecule has 3 heterocycles. The van der Waals surface area contributed by atoms with Crippen LogP contribution in [-0.4, -0.2) is 24.0 Å². The highest BCUT2D eigenvalue weighted by Gasteiger charge is 2.39. The summed E-state index contributed by atoms with van der Waals surface area (Å²) in [5.41, 5.74) is 0.633. The molecule has 0 spiro atoms. The first-order chi connectivity index (χ1) is 11.7. The predicted octanol–water partition coefficient (Wildman–Crippen LogP) is 3.03. The maximum absolute atomic E-state index is 12.4. The van der Waals surface area contributed by atoms with Crippen molar-refractivity contribution in [3.63, 3.8) is 0 Å². The van der Waals surface area contributed by atoms with Crippen molar-refractivity contribution < 1.29 is 9.53 Å². The van der Waals surface area contributed by atoms with Crippen LogP contribution in [0.3, 0.4) is 0 Å². The molecule has 2 bridgehead atoms. The molecule has 2 fully saturated rings. The van der Waals surface area contributed by atoms with E-state index in [2.05, 4.69) is 16.7 Å². The lowest BCUT2D eigenvalue weighted by Gasteiger charge is -2.21. The molecule has 1 amide bonds. The molecule has 3 unspecified atom stereocenters. The molecular formula is C18H17N3O2S. The van der Waals surface area contributed by atoms with E-state index in [9.17, 15) is 4.79 Å². The number of ether oxygens (including phenoxy) is 1. The van der Waals surface area contributed by atoms with E-state index in [1.165, 1.54) is 17.8 Å². The van der Waals surface area contributed by atoms with Crippen LogP contribution < -0.4 is 15.4 Å². The molecule has 2 saturated heterocycles. The van der Waals surface area contributed by atoms with Gasteiger partial charge in [0.15, 0.2) is 5.06 Å². The van der Waals surface area contributed by atoms with Gasteiger partial charge in [0.1, 0.15) is 16.7 Å². The van der Waals surface area contributed by atoms with Gasteiger partial charge < -0.3 is 15.4 Å². The number of hydrogen-bond donors (Lipinski definition) is 2. The van der Waals surface area contributed by atoms with Gasteiger partial charge in [-0.1, -0.05) is 11.3 Å². The van der Waals surface area contributed by atoms with Crippen LogP contribution in [0.4, 0.5) is 0 Å². The average Bonchev–Trinajstić information content (AvgIpc) is 3.32. The minimum Gasteiger partial charge on any atom is -0.447 e. The van der Waals surface area contributed by atoms with Crippen molar-refractivity contribution in [1.82, 2.24) is 10.6 Å². The molecule has 2 aliphatic heterocycles. The smallest absolute Gasteiger partial charge is 0.251 e. The van der Waals surface area contributed by atoms with E-state index in [-0.39, 0.29) is 11.9 Å². The predicted molar refractivity (Wildman–Crippen MR) is 91.4 cm³/mol. The van der Waals surface area contributed by atoms with Crippen molar-refractivity contribution in [2.75, 3.05) is 0 Å². The number of benzene rings is 1. The van der Waals surface area contributed by atoms with Crippen LogP contribution in [0.1, 0.15) is 34.5 Å². The highest BCUT2D eigenvalue weighted by atomic mass is 32.1. The van der Waals surface area contributed by atoms with Gasteiger partial charge in [-0.15, -0.1) is 0 Å². The molecular weight excluding hydrogens is 322 g/mol. The van der Waals surface area contributed by atoms with E-state index in [4.69, 9.17) is 10.00 Å². The molecule has 2 aliphatic rings. The van der Waals surface area contributed by atoms with Gasteiger partial charge in [0, 0.05) is 23.7 Å². The second-order valence-corrected chi connectivity index (χ2v) is 7.27. The first kappa shape index (κ1) is 15.2. The lowest BCUT2D eigenvalue weighted by molar-refractivity contribution is 0.0931. The fraction of sp³-hybridized carbons (Fsp3) is 0.333. The molecule has 1 aromatic carbocycles. The number of amides is 1. The minimum absolute atomic E-state index is 0.0382. The summed E-state index contributed by atoms with van der Waals surface area (Å²) < 4.78 is 5.69. The molecule has 2 N–H and O–H groups in total. The van der Waals surface area contributed by atoms with Gasteiger partial charge in [-0.3, -0.25) is 4.79 Å². The van der Waals surface area contributed by atoms with E-state index in [0.717, 1.165) is 12.8 Å². The number of fused-ring (bicyclic) bond motifs is 2. The van der Waals surface area contributed by atoms with Crippen LogP contribution in [0.25, 0.3) is 0 Å². The summed E-state index contributed by atoms with van der Waals surface area (Å²) in [6, 6.07) is 13.9. The second-order valence-electron chi connectivity index (χ2n) is 6.22. The van der Waals surface area contributed by atoms with Crippen molar-refractivity contribution >= 4 is 17.2 Å². The molecule has 122 valence electrons. The number of hydrogen-bond acceptors (Lipinski definition) is 5. The summed E-state index contributed by atoms with van der Waals surface area (Å²) in [6.45, 7) is 0. The van der Waals surface area contributed by atoms with Crippen LogP contribution in [0.5, 0.6) is 10.8 Å². The van der Waals surface area contributed by atoms with Gasteiger partial charge in [0.05, 0.1) is 0 Å². The molecule has 0 saturated carbocycles. The number of thiophene rings is 1. The summed E-state index contributed by atoms with van der Waals surface area (Å²) in [5, 5.41) is 16.1. The summed E-state index contributed by atoms with van der Waals surface area (Å²) in [7, 11) is 0. The van der Waals surface area contributed by atoms with Crippen LogP contribution >= 0.6 is 11.3 Å². The lowest BCUT2D eigenvalue weighted by Crippen LogP contribution is -2.42. The standard InChI is InChI=1S/C18H17N3O2S/c19-10-14-6-8-17(24-14)23-13-4-1-11(2-5-13)18(22)21-16-9-12-3-7-15(16)20-12/h1-2,4-6,8,12,15-16,20H,3,7,9H2,(H,21,22). The van der Waals surface area contributed by atoms with Crippen LogP contribution in [0.15, 0.2) is 36.4 Å². The summed E-state index contributed by atoms with van der Waals surface area (Å²) in [6.07, 6.45) is 3.39. The number of nitrogens with zero attached hydrogens (tertiary/aromatic N) is 1. The van der Waals surface area contributed by atoms with E-state index in [1.807, 2.05) is 0 Å². The molecule has 24 heavy (non-hydrogen) atoms. The fourth-order valence-electron chi connectivity index (χ4n) is 3.46. The zero-order chi connectivity index (χ0) is 16.5. The number of carbonyl (C=O) groups is 1. The topological polar surface area (TPSA) is 74.1 Å². The van der Waals surface area contributed by atoms with Gasteiger partial charge in [-0.2, -0.15) is 5.26 Å². The Labute approximate surface area is 144 Å². The minimum atomic E-state index is -0.0382. The summed E-state index contributed by atoms with van der Waals surface area (Å²) >= 11 is 1.30. The normalized spacial score (nSPS) is 24.5. The molecule has 6 heteroatoms. The summed E-state index contributed by atoms with van der Waals surface area (Å²) in [5.74, 6) is 0.614. The Balaban J connectivity index is 1.38. The van der Waals surface area contributed by atoms with Crippen LogP contribution in [0.2, 0.25) is 0 Å². The van der Waals surface area contributed by atoms with Gasteiger partial charge in [-0.25, -0.2) is 0 Å². The molecule has 4 rings (SSSR count). The van der Waals surface area contributed by atoms with E-state index in [1.54, 1.807) is 36.4 Å². The third kappa shape index (κ3) is 3.01. The Bertz CT molecular complexity index is 793. The van der Waals surface area contributed by atoms with Crippen LogP contribution in [0, 0.1) is 11.3 Å².